The lowest BCUT2D eigenvalue weighted by molar-refractivity contribution is -0.167. The molecule has 0 radical (unpaired) electrons. The van der Waals surface area contributed by atoms with Crippen LogP contribution in [0.3, 0.4) is 0 Å². The van der Waals surface area contributed by atoms with E-state index in [1.165, 1.54) is 186 Å². The normalized spacial score (nSPS) is 12.3. The van der Waals surface area contributed by atoms with Crippen molar-refractivity contribution in [2.45, 2.75) is 322 Å². The van der Waals surface area contributed by atoms with Crippen molar-refractivity contribution < 1.29 is 28.6 Å². The van der Waals surface area contributed by atoms with Gasteiger partial charge in [-0.2, -0.15) is 0 Å². The van der Waals surface area contributed by atoms with Gasteiger partial charge < -0.3 is 14.2 Å². The van der Waals surface area contributed by atoms with Crippen LogP contribution in [0.1, 0.15) is 316 Å². The molecule has 6 nitrogen and oxygen atoms in total. The third-order valence-corrected chi connectivity index (χ3v) is 13.4. The summed E-state index contributed by atoms with van der Waals surface area (Å²) in [5, 5.41) is 0. The second-order valence-electron chi connectivity index (χ2n) is 20.3. The topological polar surface area (TPSA) is 78.9 Å². The van der Waals surface area contributed by atoms with Crippen LogP contribution in [0, 0.1) is 0 Å². The van der Waals surface area contributed by atoms with E-state index in [9.17, 15) is 14.4 Å². The van der Waals surface area contributed by atoms with Crippen LogP contribution in [0.25, 0.3) is 0 Å². The molecule has 6 heteroatoms. The first-order chi connectivity index (χ1) is 34.0. The summed E-state index contributed by atoms with van der Waals surface area (Å²) < 4.78 is 16.9. The number of carbonyl (C=O) groups is 3. The first-order valence-electron chi connectivity index (χ1n) is 30.2. The monoisotopic (exact) mass is 967 g/mol. The van der Waals surface area contributed by atoms with Crippen molar-refractivity contribution in [2.24, 2.45) is 0 Å². The van der Waals surface area contributed by atoms with Crippen LogP contribution >= 0.6 is 0 Å². The van der Waals surface area contributed by atoms with E-state index in [-0.39, 0.29) is 31.1 Å². The minimum atomic E-state index is -0.784. The van der Waals surface area contributed by atoms with E-state index in [2.05, 4.69) is 69.4 Å². The van der Waals surface area contributed by atoms with E-state index in [1.807, 2.05) is 0 Å². The predicted octanol–water partition coefficient (Wildman–Crippen LogP) is 20.2. The highest BCUT2D eigenvalue weighted by Gasteiger charge is 2.19. The molecule has 0 heterocycles. The standard InChI is InChI=1S/C63H114O6/c1-4-7-10-13-16-19-22-25-28-30-32-35-38-41-44-47-50-53-56-62(65)68-59-60(58-67-61(64)55-52-49-46-43-40-37-34-27-24-21-18-15-12-9-6-3)69-63(66)57-54-51-48-45-42-39-36-33-31-29-26-23-20-17-14-11-8-5-2/h22,25,28,30,32-33,35-36,60H,4-21,23-24,26-27,29,31,34,37-59H2,1-3H3/b25-22-,30-28-,35-32-,36-33-. The fraction of sp³-hybridized carbons (Fsp3) is 0.825. The van der Waals surface area contributed by atoms with Gasteiger partial charge >= 0.3 is 17.9 Å². The Morgan fingerprint density at radius 3 is 0.841 bits per heavy atom. The van der Waals surface area contributed by atoms with Crippen LogP contribution < -0.4 is 0 Å². The van der Waals surface area contributed by atoms with Gasteiger partial charge in [0.25, 0.3) is 0 Å². The molecule has 0 N–H and O–H groups in total. The summed E-state index contributed by atoms with van der Waals surface area (Å²) >= 11 is 0. The lowest BCUT2D eigenvalue weighted by atomic mass is 10.0. The van der Waals surface area contributed by atoms with Crippen LogP contribution in [-0.2, 0) is 28.6 Å². The largest absolute Gasteiger partial charge is 0.462 e. The molecule has 0 saturated heterocycles. The number of unbranched alkanes of at least 4 members (excludes halogenated alkanes) is 38. The summed E-state index contributed by atoms with van der Waals surface area (Å²) in [4.78, 5) is 38.2. The number of hydrogen-bond donors (Lipinski definition) is 0. The average Bonchev–Trinajstić information content (AvgIpc) is 3.35. The molecule has 0 aliphatic heterocycles. The van der Waals surface area contributed by atoms with Crippen molar-refractivity contribution in [3.63, 3.8) is 0 Å². The third kappa shape index (κ3) is 56.2. The van der Waals surface area contributed by atoms with Gasteiger partial charge in [0, 0.05) is 19.3 Å². The first kappa shape index (κ1) is 66.4. The highest BCUT2D eigenvalue weighted by atomic mass is 16.6. The molecular weight excluding hydrogens is 853 g/mol. The molecule has 1 unspecified atom stereocenters. The average molecular weight is 968 g/mol. The van der Waals surface area contributed by atoms with Crippen molar-refractivity contribution in [3.05, 3.63) is 48.6 Å². The molecule has 402 valence electrons. The number of hydrogen-bond acceptors (Lipinski definition) is 6. The Balaban J connectivity index is 4.40. The van der Waals surface area contributed by atoms with Gasteiger partial charge in [-0.25, -0.2) is 0 Å². The lowest BCUT2D eigenvalue weighted by Crippen LogP contribution is -2.30. The van der Waals surface area contributed by atoms with Gasteiger partial charge in [-0.15, -0.1) is 0 Å². The van der Waals surface area contributed by atoms with E-state index in [0.29, 0.717) is 19.3 Å². The molecule has 0 bridgehead atoms. The van der Waals surface area contributed by atoms with Crippen LogP contribution in [0.2, 0.25) is 0 Å². The Bertz CT molecular complexity index is 1200. The zero-order valence-electron chi connectivity index (χ0n) is 46.1. The molecule has 1 atom stereocenters. The molecular formula is C63H114O6. The van der Waals surface area contributed by atoms with Crippen molar-refractivity contribution in [1.82, 2.24) is 0 Å². The molecule has 0 spiro atoms. The van der Waals surface area contributed by atoms with E-state index < -0.39 is 6.10 Å². The number of carbonyl (C=O) groups excluding carboxylic acids is 3. The lowest BCUT2D eigenvalue weighted by Gasteiger charge is -2.18. The molecule has 0 rings (SSSR count). The number of rotatable bonds is 55. The Labute approximate surface area is 428 Å². The van der Waals surface area contributed by atoms with Crippen LogP contribution in [-0.4, -0.2) is 37.2 Å². The molecule has 0 fully saturated rings. The molecule has 0 aliphatic rings. The molecule has 0 amide bonds. The Kier molecular flexibility index (Phi) is 55.7. The van der Waals surface area contributed by atoms with Crippen molar-refractivity contribution in [2.75, 3.05) is 13.2 Å². The summed E-state index contributed by atoms with van der Waals surface area (Å²) in [6, 6.07) is 0. The molecule has 0 aromatic heterocycles. The highest BCUT2D eigenvalue weighted by molar-refractivity contribution is 5.71. The summed E-state index contributed by atoms with van der Waals surface area (Å²) in [6.45, 7) is 6.64. The smallest absolute Gasteiger partial charge is 0.306 e. The first-order valence-corrected chi connectivity index (χ1v) is 30.2. The third-order valence-electron chi connectivity index (χ3n) is 13.4. The molecule has 0 aliphatic carbocycles. The Morgan fingerprint density at radius 1 is 0.290 bits per heavy atom. The van der Waals surface area contributed by atoms with Gasteiger partial charge in [-0.05, 0) is 70.6 Å². The summed E-state index contributed by atoms with van der Waals surface area (Å²) in [5.41, 5.74) is 0. The molecule has 69 heavy (non-hydrogen) atoms. The molecule has 0 aromatic rings. The van der Waals surface area contributed by atoms with Crippen LogP contribution in [0.4, 0.5) is 0 Å². The van der Waals surface area contributed by atoms with Crippen LogP contribution in [0.15, 0.2) is 48.6 Å². The van der Waals surface area contributed by atoms with Gasteiger partial charge in [-0.3, -0.25) is 14.4 Å². The van der Waals surface area contributed by atoms with E-state index in [4.69, 9.17) is 14.2 Å². The van der Waals surface area contributed by atoms with Crippen molar-refractivity contribution in [1.29, 1.82) is 0 Å². The summed E-state index contributed by atoms with van der Waals surface area (Å²) in [6.07, 6.45) is 71.0. The molecule has 0 aromatic carbocycles. The minimum Gasteiger partial charge on any atom is -0.462 e. The quantitative estimate of drug-likeness (QED) is 0.0199. The van der Waals surface area contributed by atoms with Crippen LogP contribution in [0.5, 0.6) is 0 Å². The fourth-order valence-electron chi connectivity index (χ4n) is 8.79. The maximum atomic E-state index is 12.9. The van der Waals surface area contributed by atoms with Gasteiger partial charge in [0.05, 0.1) is 0 Å². The highest BCUT2D eigenvalue weighted by Crippen LogP contribution is 2.16. The van der Waals surface area contributed by atoms with E-state index in [0.717, 1.165) is 89.9 Å². The van der Waals surface area contributed by atoms with Gasteiger partial charge in [0.15, 0.2) is 6.10 Å². The number of esters is 3. The minimum absolute atomic E-state index is 0.0800. The van der Waals surface area contributed by atoms with Gasteiger partial charge in [-0.1, -0.05) is 275 Å². The maximum Gasteiger partial charge on any atom is 0.306 e. The second kappa shape index (κ2) is 57.9. The number of allylic oxidation sites excluding steroid dienone is 8. The van der Waals surface area contributed by atoms with Crippen molar-refractivity contribution >= 4 is 17.9 Å². The van der Waals surface area contributed by atoms with Gasteiger partial charge in [0.2, 0.25) is 0 Å². The maximum absolute atomic E-state index is 12.9. The summed E-state index contributed by atoms with van der Waals surface area (Å²) in [7, 11) is 0. The predicted molar refractivity (Wildman–Crippen MR) is 298 cm³/mol. The SMILES string of the molecule is CCCCCCC\C=C/C=C\C=C/CCCCCCCC(=O)OCC(COC(=O)CCCCCCCCCCCCCCCCC)OC(=O)CCCCCCC/C=C\CCCCCCCCCCC. The Hall–Kier alpha value is -2.63. The number of ether oxygens (including phenoxy) is 3. The zero-order chi connectivity index (χ0) is 50.0. The summed E-state index contributed by atoms with van der Waals surface area (Å²) in [5.74, 6) is -0.891. The zero-order valence-corrected chi connectivity index (χ0v) is 46.1. The fourth-order valence-corrected chi connectivity index (χ4v) is 8.79. The van der Waals surface area contributed by atoms with Gasteiger partial charge in [0.1, 0.15) is 13.2 Å². The second-order valence-corrected chi connectivity index (χ2v) is 20.3. The Morgan fingerprint density at radius 2 is 0.536 bits per heavy atom. The van der Waals surface area contributed by atoms with E-state index >= 15 is 0 Å². The van der Waals surface area contributed by atoms with E-state index in [1.54, 1.807) is 0 Å². The van der Waals surface area contributed by atoms with Crippen molar-refractivity contribution in [3.8, 4) is 0 Å². The molecule has 0 saturated carbocycles.